The molecule has 0 aromatic carbocycles. The number of aliphatic hydroxyl groups is 1. The Morgan fingerprint density at radius 2 is 1.74 bits per heavy atom. The second-order valence-corrected chi connectivity index (χ2v) is 7.91. The maximum Gasteiger partial charge on any atom is 0.470 e. The average molecular weight is 380 g/mol. The highest BCUT2D eigenvalue weighted by Crippen LogP contribution is 2.47. The maximum absolute atomic E-state index is 11.1. The minimum Gasteiger partial charge on any atom is -0.388 e. The van der Waals surface area contributed by atoms with Crippen LogP contribution in [0.5, 0.6) is 0 Å². The Bertz CT molecular complexity index is 525. The number of hydrogen-bond donors (Lipinski definition) is 5. The smallest absolute Gasteiger partial charge is 0.388 e. The van der Waals surface area contributed by atoms with E-state index >= 15 is 0 Å². The van der Waals surface area contributed by atoms with Gasteiger partial charge in [0.2, 0.25) is 0 Å². The lowest BCUT2D eigenvalue weighted by Crippen LogP contribution is -2.43. The lowest BCUT2D eigenvalue weighted by molar-refractivity contribution is -0.226. The van der Waals surface area contributed by atoms with Crippen molar-refractivity contribution in [2.45, 2.75) is 50.3 Å². The van der Waals surface area contributed by atoms with Crippen LogP contribution in [0.3, 0.4) is 0 Å². The molecule has 0 aliphatic carbocycles. The SMILES string of the molecule is CC1(C)OC2O[C@H]([C@H](O)COP(=O)(O)O)[C@H](OP(=O)(O)O)[C@H]2O1. The highest BCUT2D eigenvalue weighted by molar-refractivity contribution is 7.46. The molecule has 14 heteroatoms. The Morgan fingerprint density at radius 3 is 2.26 bits per heavy atom. The minimum absolute atomic E-state index is 0.848. The standard InChI is InChI=1S/C9H18O12P2/c1-9(2)19-7-6(21-23(14,15)16)5(18-8(7)20-9)4(10)3-17-22(11,12)13/h4-8,10H,3H2,1-2H3,(H2,11,12,13)(H2,14,15,16)/t4-,5-,6+,7-,8?/m1/s1. The van der Waals surface area contributed by atoms with E-state index in [0.29, 0.717) is 0 Å². The quantitative estimate of drug-likeness (QED) is 0.348. The summed E-state index contributed by atoms with van der Waals surface area (Å²) in [5.41, 5.74) is 0. The van der Waals surface area contributed by atoms with Crippen LogP contribution in [0.2, 0.25) is 0 Å². The van der Waals surface area contributed by atoms with Crippen molar-refractivity contribution in [3.8, 4) is 0 Å². The molecule has 5 atom stereocenters. The van der Waals surface area contributed by atoms with Crippen molar-refractivity contribution in [2.75, 3.05) is 6.61 Å². The van der Waals surface area contributed by atoms with Crippen molar-refractivity contribution in [3.63, 3.8) is 0 Å². The van der Waals surface area contributed by atoms with Crippen LogP contribution in [0.25, 0.3) is 0 Å². The Morgan fingerprint density at radius 1 is 1.13 bits per heavy atom. The maximum atomic E-state index is 11.1. The fourth-order valence-corrected chi connectivity index (χ4v) is 3.26. The molecule has 0 aromatic heterocycles. The molecule has 2 fully saturated rings. The first-order chi connectivity index (χ1) is 10.3. The van der Waals surface area contributed by atoms with Gasteiger partial charge in [-0.1, -0.05) is 0 Å². The third-order valence-electron chi connectivity index (χ3n) is 3.08. The molecule has 2 heterocycles. The molecule has 2 aliphatic heterocycles. The van der Waals surface area contributed by atoms with Crippen LogP contribution in [0.15, 0.2) is 0 Å². The average Bonchev–Trinajstić information content (AvgIpc) is 2.77. The molecular formula is C9H18O12P2. The van der Waals surface area contributed by atoms with E-state index in [2.05, 4.69) is 9.05 Å². The van der Waals surface area contributed by atoms with Crippen LogP contribution in [-0.2, 0) is 32.4 Å². The van der Waals surface area contributed by atoms with Gasteiger partial charge in [-0.15, -0.1) is 0 Å². The first kappa shape index (κ1) is 19.4. The summed E-state index contributed by atoms with van der Waals surface area (Å²) in [6.45, 7) is 2.25. The molecule has 0 radical (unpaired) electrons. The van der Waals surface area contributed by atoms with Crippen molar-refractivity contribution in [1.82, 2.24) is 0 Å². The summed E-state index contributed by atoms with van der Waals surface area (Å²) in [5, 5.41) is 9.93. The second-order valence-electron chi connectivity index (χ2n) is 5.48. The molecule has 1 unspecified atom stereocenters. The van der Waals surface area contributed by atoms with Gasteiger partial charge in [0.05, 0.1) is 6.61 Å². The molecule has 0 bridgehead atoms. The summed E-state index contributed by atoms with van der Waals surface area (Å²) in [7, 11) is -9.79. The van der Waals surface area contributed by atoms with Gasteiger partial charge in [-0.3, -0.25) is 9.05 Å². The number of phosphoric ester groups is 2. The van der Waals surface area contributed by atoms with Crippen LogP contribution < -0.4 is 0 Å². The fourth-order valence-electron chi connectivity index (χ4n) is 2.36. The summed E-state index contributed by atoms with van der Waals surface area (Å²) < 4.78 is 46.6. The highest BCUT2D eigenvalue weighted by atomic mass is 31.2. The summed E-state index contributed by atoms with van der Waals surface area (Å²) in [5.74, 6) is -1.09. The molecule has 23 heavy (non-hydrogen) atoms. The molecule has 0 aromatic rings. The van der Waals surface area contributed by atoms with Gasteiger partial charge < -0.3 is 38.9 Å². The van der Waals surface area contributed by atoms with E-state index in [0.717, 1.165) is 0 Å². The van der Waals surface area contributed by atoms with E-state index < -0.39 is 58.7 Å². The monoisotopic (exact) mass is 380 g/mol. The molecule has 5 N–H and O–H groups in total. The number of rotatable bonds is 6. The number of aliphatic hydroxyl groups excluding tert-OH is 1. The molecule has 2 aliphatic rings. The highest BCUT2D eigenvalue weighted by Gasteiger charge is 2.58. The lowest BCUT2D eigenvalue weighted by atomic mass is 10.1. The first-order valence-electron chi connectivity index (χ1n) is 6.41. The zero-order valence-electron chi connectivity index (χ0n) is 12.1. The van der Waals surface area contributed by atoms with Crippen LogP contribution in [-0.4, -0.2) is 67.8 Å². The van der Waals surface area contributed by atoms with Gasteiger partial charge in [0.25, 0.3) is 0 Å². The molecule has 136 valence electrons. The van der Waals surface area contributed by atoms with E-state index in [9.17, 15) is 14.2 Å². The van der Waals surface area contributed by atoms with Gasteiger partial charge in [0.1, 0.15) is 24.4 Å². The Kier molecular flexibility index (Phi) is 5.41. The Balaban J connectivity index is 2.12. The zero-order chi connectivity index (χ0) is 17.6. The third-order valence-corrected chi connectivity index (χ3v) is 4.08. The van der Waals surface area contributed by atoms with Crippen molar-refractivity contribution in [2.24, 2.45) is 0 Å². The van der Waals surface area contributed by atoms with Gasteiger partial charge in [-0.25, -0.2) is 9.13 Å². The number of ether oxygens (including phenoxy) is 3. The van der Waals surface area contributed by atoms with E-state index in [1.165, 1.54) is 0 Å². The van der Waals surface area contributed by atoms with Gasteiger partial charge >= 0.3 is 15.6 Å². The predicted octanol–water partition coefficient (Wildman–Crippen LogP) is -1.19. The zero-order valence-corrected chi connectivity index (χ0v) is 13.9. The Hall–Kier alpha value is 0.0600. The molecule has 12 nitrogen and oxygen atoms in total. The topological polar surface area (TPSA) is 181 Å². The Labute approximate surface area is 130 Å². The van der Waals surface area contributed by atoms with Crippen molar-refractivity contribution < 1.29 is 57.1 Å². The number of fused-ring (bicyclic) bond motifs is 1. The van der Waals surface area contributed by atoms with Crippen LogP contribution in [0.4, 0.5) is 0 Å². The molecule has 0 amide bonds. The lowest BCUT2D eigenvalue weighted by Gasteiger charge is -2.28. The molecule has 0 saturated carbocycles. The largest absolute Gasteiger partial charge is 0.470 e. The minimum atomic E-state index is -4.96. The number of phosphoric acid groups is 2. The summed E-state index contributed by atoms with van der Waals surface area (Å²) in [6.07, 6.45) is -6.60. The normalized spacial score (nSPS) is 35.3. The van der Waals surface area contributed by atoms with Gasteiger partial charge in [0.15, 0.2) is 12.1 Å². The molecule has 2 saturated heterocycles. The predicted molar refractivity (Wildman–Crippen MR) is 69.6 cm³/mol. The second kappa shape index (κ2) is 6.41. The summed E-state index contributed by atoms with van der Waals surface area (Å²) in [6, 6.07) is 0. The van der Waals surface area contributed by atoms with E-state index in [4.69, 9.17) is 33.8 Å². The van der Waals surface area contributed by atoms with E-state index in [1.54, 1.807) is 13.8 Å². The van der Waals surface area contributed by atoms with Crippen molar-refractivity contribution >= 4 is 15.6 Å². The van der Waals surface area contributed by atoms with Gasteiger partial charge in [-0.05, 0) is 13.8 Å². The van der Waals surface area contributed by atoms with Gasteiger partial charge in [0, 0.05) is 0 Å². The fraction of sp³-hybridized carbons (Fsp3) is 1.00. The molecule has 0 spiro atoms. The van der Waals surface area contributed by atoms with E-state index in [-0.39, 0.29) is 0 Å². The van der Waals surface area contributed by atoms with E-state index in [1.807, 2.05) is 0 Å². The third kappa shape index (κ3) is 5.27. The first-order valence-corrected chi connectivity index (χ1v) is 9.47. The summed E-state index contributed by atoms with van der Waals surface area (Å²) in [4.78, 5) is 35.2. The molecular weight excluding hydrogens is 362 g/mol. The van der Waals surface area contributed by atoms with Crippen molar-refractivity contribution in [1.29, 1.82) is 0 Å². The van der Waals surface area contributed by atoms with Crippen LogP contribution >= 0.6 is 15.6 Å². The van der Waals surface area contributed by atoms with Crippen LogP contribution in [0, 0.1) is 0 Å². The summed E-state index contributed by atoms with van der Waals surface area (Å²) >= 11 is 0. The van der Waals surface area contributed by atoms with Crippen molar-refractivity contribution in [3.05, 3.63) is 0 Å². The van der Waals surface area contributed by atoms with Crippen LogP contribution in [0.1, 0.15) is 13.8 Å². The molecule has 2 rings (SSSR count). The number of hydrogen-bond acceptors (Lipinski definition) is 8. The van der Waals surface area contributed by atoms with Gasteiger partial charge in [-0.2, -0.15) is 0 Å².